The molecule has 0 bridgehead atoms. The number of benzene rings is 2. The van der Waals surface area contributed by atoms with Gasteiger partial charge >= 0.3 is 0 Å². The van der Waals surface area contributed by atoms with Crippen LogP contribution in [0.2, 0.25) is 5.02 Å². The van der Waals surface area contributed by atoms with Gasteiger partial charge in [0.2, 0.25) is 11.8 Å². The van der Waals surface area contributed by atoms with E-state index in [2.05, 4.69) is 24.3 Å². The summed E-state index contributed by atoms with van der Waals surface area (Å²) < 4.78 is 0. The zero-order valence-electron chi connectivity index (χ0n) is 15.6. The predicted octanol–water partition coefficient (Wildman–Crippen LogP) is 4.17. The molecule has 4 nitrogen and oxygen atoms in total. The lowest BCUT2D eigenvalue weighted by atomic mass is 9.90. The number of hydrogen-bond acceptors (Lipinski definition) is 2. The van der Waals surface area contributed by atoms with E-state index in [1.54, 1.807) is 24.3 Å². The normalized spacial score (nSPS) is 14.8. The Balaban J connectivity index is 1.55. The third-order valence-corrected chi connectivity index (χ3v) is 5.40. The third kappa shape index (κ3) is 5.33. The molecule has 0 spiro atoms. The number of carbonyl (C=O) groups is 2. The molecule has 5 heteroatoms. The van der Waals surface area contributed by atoms with Crippen molar-refractivity contribution in [3.8, 4) is 0 Å². The molecule has 27 heavy (non-hydrogen) atoms. The van der Waals surface area contributed by atoms with Gasteiger partial charge in [0.1, 0.15) is 6.54 Å². The first-order valence-electron chi connectivity index (χ1n) is 9.38. The number of nitrogens with zero attached hydrogens (tertiary/aromatic N) is 2. The highest BCUT2D eigenvalue weighted by molar-refractivity contribution is 6.30. The van der Waals surface area contributed by atoms with Gasteiger partial charge < -0.3 is 9.80 Å². The topological polar surface area (TPSA) is 40.6 Å². The average Bonchev–Trinajstić information content (AvgIpc) is 2.68. The first kappa shape index (κ1) is 19.4. The van der Waals surface area contributed by atoms with Crippen molar-refractivity contribution in [3.05, 3.63) is 65.2 Å². The molecule has 1 heterocycles. The predicted molar refractivity (Wildman–Crippen MR) is 109 cm³/mol. The lowest BCUT2D eigenvalue weighted by molar-refractivity contribution is -0.132. The molecule has 0 radical (unpaired) electrons. The minimum Gasteiger partial charge on any atom is -0.341 e. The van der Waals surface area contributed by atoms with Crippen molar-refractivity contribution in [2.24, 2.45) is 5.92 Å². The molecule has 142 valence electrons. The van der Waals surface area contributed by atoms with Gasteiger partial charge in [0.15, 0.2) is 0 Å². The van der Waals surface area contributed by atoms with Crippen molar-refractivity contribution in [1.82, 2.24) is 4.90 Å². The molecule has 0 unspecified atom stereocenters. The van der Waals surface area contributed by atoms with Gasteiger partial charge in [0.05, 0.1) is 0 Å². The summed E-state index contributed by atoms with van der Waals surface area (Å²) in [6.07, 6.45) is 3.07. The van der Waals surface area contributed by atoms with Gasteiger partial charge in [-0.05, 0) is 55.0 Å². The van der Waals surface area contributed by atoms with E-state index in [9.17, 15) is 9.59 Å². The van der Waals surface area contributed by atoms with Gasteiger partial charge in [-0.15, -0.1) is 0 Å². The van der Waals surface area contributed by atoms with Crippen LogP contribution < -0.4 is 4.90 Å². The van der Waals surface area contributed by atoms with Crippen LogP contribution in [0.5, 0.6) is 0 Å². The molecule has 1 saturated heterocycles. The number of amides is 2. The van der Waals surface area contributed by atoms with Crippen LogP contribution in [0, 0.1) is 5.92 Å². The quantitative estimate of drug-likeness (QED) is 0.776. The van der Waals surface area contributed by atoms with Gasteiger partial charge in [0.25, 0.3) is 0 Å². The Bertz CT molecular complexity index is 769. The van der Waals surface area contributed by atoms with Gasteiger partial charge in [-0.3, -0.25) is 9.59 Å². The summed E-state index contributed by atoms with van der Waals surface area (Å²) in [6, 6.07) is 17.5. The molecule has 1 aliphatic heterocycles. The fourth-order valence-corrected chi connectivity index (χ4v) is 3.70. The van der Waals surface area contributed by atoms with E-state index in [1.807, 2.05) is 11.0 Å². The van der Waals surface area contributed by atoms with Crippen LogP contribution in [-0.4, -0.2) is 36.3 Å². The second-order valence-electron chi connectivity index (χ2n) is 7.10. The number of halogens is 1. The molecule has 0 atom stereocenters. The minimum atomic E-state index is -0.148. The highest BCUT2D eigenvalue weighted by Gasteiger charge is 2.25. The maximum atomic E-state index is 12.7. The largest absolute Gasteiger partial charge is 0.341 e. The second-order valence-corrected chi connectivity index (χ2v) is 7.53. The zero-order chi connectivity index (χ0) is 19.2. The van der Waals surface area contributed by atoms with E-state index < -0.39 is 0 Å². The average molecular weight is 385 g/mol. The maximum Gasteiger partial charge on any atom is 0.242 e. The van der Waals surface area contributed by atoms with Gasteiger partial charge in [0, 0.05) is 30.7 Å². The van der Waals surface area contributed by atoms with Crippen LogP contribution in [0.15, 0.2) is 54.6 Å². The van der Waals surface area contributed by atoms with E-state index in [1.165, 1.54) is 17.4 Å². The SMILES string of the molecule is CC(=O)N(CC(=O)N1CCC(Cc2ccccc2)CC1)c1ccc(Cl)cc1. The van der Waals surface area contributed by atoms with Crippen LogP contribution in [0.4, 0.5) is 5.69 Å². The van der Waals surface area contributed by atoms with Crippen molar-refractivity contribution in [2.75, 3.05) is 24.5 Å². The lowest BCUT2D eigenvalue weighted by Crippen LogP contribution is -2.45. The minimum absolute atomic E-state index is 0.00156. The Morgan fingerprint density at radius 1 is 1.04 bits per heavy atom. The summed E-state index contributed by atoms with van der Waals surface area (Å²) in [5.74, 6) is 0.458. The summed E-state index contributed by atoms with van der Waals surface area (Å²) in [7, 11) is 0. The van der Waals surface area contributed by atoms with Crippen molar-refractivity contribution >= 4 is 29.1 Å². The van der Waals surface area contributed by atoms with E-state index in [0.717, 1.165) is 32.4 Å². The van der Waals surface area contributed by atoms with Gasteiger partial charge in [-0.1, -0.05) is 41.9 Å². The fraction of sp³-hybridized carbons (Fsp3) is 0.364. The summed E-state index contributed by atoms with van der Waals surface area (Å²) in [4.78, 5) is 28.1. The van der Waals surface area contributed by atoms with Crippen LogP contribution >= 0.6 is 11.6 Å². The maximum absolute atomic E-state index is 12.7. The van der Waals surface area contributed by atoms with E-state index in [4.69, 9.17) is 11.6 Å². The summed E-state index contributed by atoms with van der Waals surface area (Å²) in [6.45, 7) is 3.06. The molecule has 0 aliphatic carbocycles. The molecule has 2 aromatic rings. The monoisotopic (exact) mass is 384 g/mol. The highest BCUT2D eigenvalue weighted by atomic mass is 35.5. The summed E-state index contributed by atoms with van der Waals surface area (Å²) in [5.41, 5.74) is 2.05. The van der Waals surface area contributed by atoms with Crippen molar-refractivity contribution in [1.29, 1.82) is 0 Å². The smallest absolute Gasteiger partial charge is 0.242 e. The Morgan fingerprint density at radius 3 is 2.26 bits per heavy atom. The highest BCUT2D eigenvalue weighted by Crippen LogP contribution is 2.23. The molecule has 0 aromatic heterocycles. The van der Waals surface area contributed by atoms with Crippen LogP contribution in [-0.2, 0) is 16.0 Å². The third-order valence-electron chi connectivity index (χ3n) is 5.15. The molecule has 2 amide bonds. The van der Waals surface area contributed by atoms with E-state index >= 15 is 0 Å². The number of hydrogen-bond donors (Lipinski definition) is 0. The Kier molecular flexibility index (Phi) is 6.51. The van der Waals surface area contributed by atoms with Crippen LogP contribution in [0.25, 0.3) is 0 Å². The first-order chi connectivity index (χ1) is 13.0. The molecule has 0 N–H and O–H groups in total. The van der Waals surface area contributed by atoms with Crippen molar-refractivity contribution in [3.63, 3.8) is 0 Å². The molecule has 3 rings (SSSR count). The molecule has 0 saturated carbocycles. The van der Waals surface area contributed by atoms with Crippen LogP contribution in [0.3, 0.4) is 0 Å². The van der Waals surface area contributed by atoms with Crippen LogP contribution in [0.1, 0.15) is 25.3 Å². The number of likely N-dealkylation sites (tertiary alicyclic amines) is 1. The van der Waals surface area contributed by atoms with Gasteiger partial charge in [-0.25, -0.2) is 0 Å². The van der Waals surface area contributed by atoms with Gasteiger partial charge in [-0.2, -0.15) is 0 Å². The number of anilines is 1. The van der Waals surface area contributed by atoms with E-state index in [0.29, 0.717) is 16.6 Å². The number of carbonyl (C=O) groups excluding carboxylic acids is 2. The van der Waals surface area contributed by atoms with Crippen molar-refractivity contribution in [2.45, 2.75) is 26.2 Å². The number of piperidine rings is 1. The summed E-state index contributed by atoms with van der Waals surface area (Å²) in [5, 5.41) is 0.606. The Labute approximate surface area is 165 Å². The zero-order valence-corrected chi connectivity index (χ0v) is 16.4. The lowest BCUT2D eigenvalue weighted by Gasteiger charge is -2.33. The molecule has 2 aromatic carbocycles. The molecular formula is C22H25ClN2O2. The Morgan fingerprint density at radius 2 is 1.67 bits per heavy atom. The van der Waals surface area contributed by atoms with Crippen molar-refractivity contribution < 1.29 is 9.59 Å². The molecule has 1 fully saturated rings. The van der Waals surface area contributed by atoms with E-state index in [-0.39, 0.29) is 18.4 Å². The second kappa shape index (κ2) is 9.05. The first-order valence-corrected chi connectivity index (χ1v) is 9.76. The number of rotatable bonds is 5. The summed E-state index contributed by atoms with van der Waals surface area (Å²) >= 11 is 5.92. The fourth-order valence-electron chi connectivity index (χ4n) is 3.57. The Hall–Kier alpha value is -2.33. The standard InChI is InChI=1S/C22H25ClN2O2/c1-17(26)25(21-9-7-20(23)8-10-21)16-22(27)24-13-11-19(12-14-24)15-18-5-3-2-4-6-18/h2-10,19H,11-16H2,1H3. The molecular weight excluding hydrogens is 360 g/mol. The molecule has 1 aliphatic rings.